The highest BCUT2D eigenvalue weighted by atomic mass is 35.5. The molecule has 0 spiro atoms. The van der Waals surface area contributed by atoms with Gasteiger partial charge in [-0.15, -0.1) is 0 Å². The number of nitrogens with zero attached hydrogens (tertiary/aromatic N) is 1. The number of carbonyl (C=O) groups excluding carboxylic acids is 1. The molecule has 5 nitrogen and oxygen atoms in total. The molecule has 148 valence electrons. The van der Waals surface area contributed by atoms with E-state index in [4.69, 9.17) is 11.6 Å². The van der Waals surface area contributed by atoms with E-state index in [2.05, 4.69) is 21.4 Å². The van der Waals surface area contributed by atoms with E-state index in [9.17, 15) is 9.59 Å². The molecule has 0 aliphatic carbocycles. The summed E-state index contributed by atoms with van der Waals surface area (Å²) in [5, 5.41) is 3.91. The van der Waals surface area contributed by atoms with Crippen molar-refractivity contribution in [2.45, 2.75) is 37.1 Å². The van der Waals surface area contributed by atoms with Crippen LogP contribution in [0.5, 0.6) is 0 Å². The summed E-state index contributed by atoms with van der Waals surface area (Å²) in [6.45, 7) is 4.03. The van der Waals surface area contributed by atoms with Gasteiger partial charge in [-0.25, -0.2) is 4.98 Å². The molecule has 0 radical (unpaired) electrons. The molecule has 0 saturated carbocycles. The lowest BCUT2D eigenvalue weighted by molar-refractivity contribution is -0.116. The van der Waals surface area contributed by atoms with Crippen LogP contribution in [0, 0.1) is 13.8 Å². The second kappa shape index (κ2) is 8.05. The fourth-order valence-corrected chi connectivity index (χ4v) is 4.70. The quantitative estimate of drug-likeness (QED) is 0.464. The summed E-state index contributed by atoms with van der Waals surface area (Å²) >= 11 is 7.43. The molecule has 0 unspecified atom stereocenters. The minimum Gasteiger partial charge on any atom is -0.310 e. The molecule has 2 aromatic carbocycles. The number of H-pyrrole nitrogens is 1. The molecule has 4 rings (SSSR count). The second-order valence-corrected chi connectivity index (χ2v) is 8.62. The molecule has 0 fully saturated rings. The average molecular weight is 426 g/mol. The van der Waals surface area contributed by atoms with Crippen molar-refractivity contribution >= 4 is 35.1 Å². The van der Waals surface area contributed by atoms with E-state index in [1.807, 2.05) is 50.2 Å². The molecule has 0 saturated heterocycles. The van der Waals surface area contributed by atoms with Gasteiger partial charge in [0.15, 0.2) is 5.16 Å². The number of aromatic amines is 1. The highest BCUT2D eigenvalue weighted by Gasteiger charge is 2.31. The van der Waals surface area contributed by atoms with Crippen LogP contribution in [0.4, 0.5) is 5.82 Å². The molecule has 3 aromatic rings. The fourth-order valence-electron chi connectivity index (χ4n) is 3.68. The summed E-state index contributed by atoms with van der Waals surface area (Å²) in [5.41, 5.74) is 4.52. The normalized spacial score (nSPS) is 15.7. The Morgan fingerprint density at radius 2 is 2.00 bits per heavy atom. The Kier molecular flexibility index (Phi) is 5.48. The van der Waals surface area contributed by atoms with Crippen molar-refractivity contribution in [2.75, 3.05) is 5.32 Å². The van der Waals surface area contributed by atoms with Crippen LogP contribution in [0.25, 0.3) is 0 Å². The third-order valence-corrected chi connectivity index (χ3v) is 6.17. The number of benzene rings is 2. The van der Waals surface area contributed by atoms with Gasteiger partial charge >= 0.3 is 0 Å². The molecule has 1 aliphatic rings. The van der Waals surface area contributed by atoms with Crippen molar-refractivity contribution in [2.24, 2.45) is 0 Å². The zero-order valence-electron chi connectivity index (χ0n) is 16.1. The van der Waals surface area contributed by atoms with Crippen molar-refractivity contribution in [3.63, 3.8) is 0 Å². The van der Waals surface area contributed by atoms with Crippen LogP contribution in [-0.2, 0) is 10.5 Å². The smallest absolute Gasteiger partial charge is 0.257 e. The van der Waals surface area contributed by atoms with E-state index in [1.54, 1.807) is 0 Å². The van der Waals surface area contributed by atoms with Crippen LogP contribution in [0.3, 0.4) is 0 Å². The van der Waals surface area contributed by atoms with Gasteiger partial charge in [-0.3, -0.25) is 9.59 Å². The Labute approximate surface area is 177 Å². The van der Waals surface area contributed by atoms with Gasteiger partial charge in [0.1, 0.15) is 5.82 Å². The summed E-state index contributed by atoms with van der Waals surface area (Å²) in [5.74, 6) is 0.522. The summed E-state index contributed by atoms with van der Waals surface area (Å²) in [6.07, 6.45) is 0.233. The van der Waals surface area contributed by atoms with Gasteiger partial charge in [0.05, 0.1) is 5.56 Å². The lowest BCUT2D eigenvalue weighted by atomic mass is 9.84. The molecule has 2 N–H and O–H groups in total. The van der Waals surface area contributed by atoms with Gasteiger partial charge in [0.2, 0.25) is 5.91 Å². The second-order valence-electron chi connectivity index (χ2n) is 7.22. The molecule has 1 aromatic heterocycles. The molecule has 7 heteroatoms. The maximum atomic E-state index is 12.9. The molecule has 1 aliphatic heterocycles. The Hall–Kier alpha value is -2.57. The van der Waals surface area contributed by atoms with Crippen LogP contribution in [0.2, 0.25) is 5.02 Å². The Morgan fingerprint density at radius 1 is 1.17 bits per heavy atom. The molecule has 0 bridgehead atoms. The fraction of sp³-hybridized carbons (Fsp3) is 0.227. The molecule has 1 atom stereocenters. The monoisotopic (exact) mass is 425 g/mol. The van der Waals surface area contributed by atoms with Gasteiger partial charge in [0.25, 0.3) is 5.56 Å². The average Bonchev–Trinajstić information content (AvgIpc) is 2.65. The first-order valence-electron chi connectivity index (χ1n) is 9.29. The maximum absolute atomic E-state index is 12.9. The van der Waals surface area contributed by atoms with Crippen LogP contribution in [-0.4, -0.2) is 15.9 Å². The van der Waals surface area contributed by atoms with Gasteiger partial charge in [-0.2, -0.15) is 0 Å². The third-order valence-electron chi connectivity index (χ3n) is 4.99. The summed E-state index contributed by atoms with van der Waals surface area (Å²) in [6, 6.07) is 13.6. The first-order chi connectivity index (χ1) is 13.9. The molecule has 1 amide bonds. The van der Waals surface area contributed by atoms with Crippen LogP contribution in [0.15, 0.2) is 52.4 Å². The minimum absolute atomic E-state index is 0.133. The van der Waals surface area contributed by atoms with Crippen molar-refractivity contribution in [3.8, 4) is 0 Å². The summed E-state index contributed by atoms with van der Waals surface area (Å²) in [4.78, 5) is 32.7. The number of amides is 1. The zero-order chi connectivity index (χ0) is 20.5. The van der Waals surface area contributed by atoms with Gasteiger partial charge in [-0.05, 0) is 42.7 Å². The Morgan fingerprint density at radius 3 is 2.76 bits per heavy atom. The Bertz CT molecular complexity index is 1160. The number of thioether (sulfide) groups is 1. The van der Waals surface area contributed by atoms with Crippen molar-refractivity contribution in [1.82, 2.24) is 9.97 Å². The maximum Gasteiger partial charge on any atom is 0.257 e. The number of nitrogens with one attached hydrogen (secondary N) is 2. The highest BCUT2D eigenvalue weighted by molar-refractivity contribution is 7.98. The van der Waals surface area contributed by atoms with Gasteiger partial charge in [0, 0.05) is 23.1 Å². The van der Waals surface area contributed by atoms with Crippen LogP contribution in [0.1, 0.15) is 40.2 Å². The number of hydrogen-bond donors (Lipinski definition) is 2. The Balaban J connectivity index is 1.67. The number of rotatable bonds is 4. The van der Waals surface area contributed by atoms with E-state index < -0.39 is 0 Å². The molecule has 2 heterocycles. The topological polar surface area (TPSA) is 74.8 Å². The first kappa shape index (κ1) is 19.7. The SMILES string of the molecule is Cc1ccc([C@@H]2CC(=O)Nc3nc(SCc4cccc(Cl)c4)[nH]c(=O)c32)c(C)c1. The highest BCUT2D eigenvalue weighted by Crippen LogP contribution is 2.36. The molecular formula is C22H20ClN3O2S. The van der Waals surface area contributed by atoms with Crippen LogP contribution < -0.4 is 10.9 Å². The molecular weight excluding hydrogens is 406 g/mol. The number of hydrogen-bond acceptors (Lipinski definition) is 4. The third kappa shape index (κ3) is 4.23. The summed E-state index contributed by atoms with van der Waals surface area (Å²) < 4.78 is 0. The lowest BCUT2D eigenvalue weighted by Crippen LogP contribution is -2.31. The largest absolute Gasteiger partial charge is 0.310 e. The van der Waals surface area contributed by atoms with Crippen molar-refractivity contribution in [1.29, 1.82) is 0 Å². The standard InChI is InChI=1S/C22H20ClN3O2S/c1-12-6-7-16(13(2)8-12)17-10-18(27)24-20-19(17)21(28)26-22(25-20)29-11-14-4-3-5-15(23)9-14/h3-9,17H,10-11H2,1-2H3,(H2,24,25,26,27,28)/t17-/m0/s1. The van der Waals surface area contributed by atoms with Crippen molar-refractivity contribution < 1.29 is 4.79 Å². The number of fused-ring (bicyclic) bond motifs is 1. The van der Waals surface area contributed by atoms with Crippen molar-refractivity contribution in [3.05, 3.63) is 85.7 Å². The summed E-state index contributed by atoms with van der Waals surface area (Å²) in [7, 11) is 0. The van der Waals surface area contributed by atoms with Crippen LogP contribution >= 0.6 is 23.4 Å². The van der Waals surface area contributed by atoms with E-state index in [0.717, 1.165) is 22.3 Å². The molecule has 29 heavy (non-hydrogen) atoms. The lowest BCUT2D eigenvalue weighted by Gasteiger charge is -2.25. The van der Waals surface area contributed by atoms with E-state index in [0.29, 0.717) is 27.3 Å². The number of aryl methyl sites for hydroxylation is 2. The van der Waals surface area contributed by atoms with Gasteiger partial charge in [-0.1, -0.05) is 59.3 Å². The number of anilines is 1. The zero-order valence-corrected chi connectivity index (χ0v) is 17.7. The van der Waals surface area contributed by atoms with E-state index >= 15 is 0 Å². The predicted octanol–water partition coefficient (Wildman–Crippen LogP) is 4.81. The number of carbonyl (C=O) groups is 1. The number of halogens is 1. The first-order valence-corrected chi connectivity index (χ1v) is 10.7. The van der Waals surface area contributed by atoms with Gasteiger partial charge < -0.3 is 10.3 Å². The van der Waals surface area contributed by atoms with E-state index in [1.165, 1.54) is 11.8 Å². The predicted molar refractivity (Wildman–Crippen MR) is 117 cm³/mol. The van der Waals surface area contributed by atoms with E-state index in [-0.39, 0.29) is 23.8 Å². The number of aromatic nitrogens is 2. The minimum atomic E-state index is -0.303.